The molecule has 0 unspecified atom stereocenters. The molecule has 150 valence electrons. The van der Waals surface area contributed by atoms with Crippen molar-refractivity contribution in [2.75, 3.05) is 13.1 Å². The number of carbonyl (C=O) groups excluding carboxylic acids is 2. The number of ether oxygens (including phenoxy) is 1. The molecular weight excluding hydrogens is 350 g/mol. The van der Waals surface area contributed by atoms with Crippen LogP contribution in [0.25, 0.3) is 0 Å². The van der Waals surface area contributed by atoms with E-state index in [1.165, 1.54) is 38.5 Å². The van der Waals surface area contributed by atoms with E-state index in [2.05, 4.69) is 0 Å². The third-order valence-corrected chi connectivity index (χ3v) is 7.68. The number of likely N-dealkylation sites (tertiary alicyclic amines) is 1. The predicted octanol–water partition coefficient (Wildman–Crippen LogP) is 4.50. The number of hydrogen-bond donors (Lipinski definition) is 0. The van der Waals surface area contributed by atoms with Crippen LogP contribution in [0, 0.1) is 23.2 Å². The average Bonchev–Trinajstić information content (AvgIpc) is 3.19. The molecule has 4 saturated carbocycles. The maximum atomic E-state index is 13.1. The summed E-state index contributed by atoms with van der Waals surface area (Å²) in [6.07, 6.45) is 9.44. The van der Waals surface area contributed by atoms with Crippen LogP contribution in [0.15, 0.2) is 30.3 Å². The van der Waals surface area contributed by atoms with Gasteiger partial charge in [-0.3, -0.25) is 9.59 Å². The summed E-state index contributed by atoms with van der Waals surface area (Å²) in [5.41, 5.74) is 0.933. The van der Waals surface area contributed by atoms with Crippen LogP contribution in [0.4, 0.5) is 0 Å². The second-order valence-electron chi connectivity index (χ2n) is 9.91. The maximum Gasteiger partial charge on any atom is 0.307 e. The van der Waals surface area contributed by atoms with Gasteiger partial charge in [0, 0.05) is 18.7 Å². The van der Waals surface area contributed by atoms with Gasteiger partial charge in [0.15, 0.2) is 0 Å². The third-order valence-electron chi connectivity index (χ3n) is 7.68. The molecule has 0 N–H and O–H groups in total. The van der Waals surface area contributed by atoms with Gasteiger partial charge in [-0.1, -0.05) is 30.3 Å². The summed E-state index contributed by atoms with van der Waals surface area (Å²) in [7, 11) is 0. The van der Waals surface area contributed by atoms with Crippen LogP contribution in [-0.2, 0) is 14.3 Å². The molecule has 4 bridgehead atoms. The van der Waals surface area contributed by atoms with Crippen LogP contribution in [0.1, 0.15) is 69.5 Å². The summed E-state index contributed by atoms with van der Waals surface area (Å²) in [4.78, 5) is 28.0. The molecule has 5 fully saturated rings. The largest absolute Gasteiger partial charge is 0.447 e. The van der Waals surface area contributed by atoms with Crippen LogP contribution in [0.2, 0.25) is 0 Å². The Balaban J connectivity index is 1.31. The minimum atomic E-state index is -0.791. The molecule has 1 aromatic carbocycles. The lowest BCUT2D eigenvalue weighted by Crippen LogP contribution is -2.47. The molecule has 1 atom stereocenters. The molecule has 6 rings (SSSR count). The Morgan fingerprint density at radius 1 is 0.964 bits per heavy atom. The van der Waals surface area contributed by atoms with Gasteiger partial charge in [0.25, 0.3) is 5.91 Å². The topological polar surface area (TPSA) is 46.6 Å². The van der Waals surface area contributed by atoms with E-state index < -0.39 is 6.10 Å². The normalized spacial score (nSPS) is 34.4. The van der Waals surface area contributed by atoms with E-state index in [1.54, 1.807) is 0 Å². The Bertz CT molecular complexity index is 702. The van der Waals surface area contributed by atoms with Gasteiger partial charge in [0.05, 0.1) is 6.42 Å². The van der Waals surface area contributed by atoms with E-state index in [0.29, 0.717) is 6.42 Å². The highest BCUT2D eigenvalue weighted by Crippen LogP contribution is 2.61. The minimum absolute atomic E-state index is 0.0532. The van der Waals surface area contributed by atoms with Gasteiger partial charge in [0.2, 0.25) is 6.10 Å². The van der Waals surface area contributed by atoms with E-state index in [1.807, 2.05) is 35.2 Å². The molecule has 0 radical (unpaired) electrons. The SMILES string of the molecule is O=C(CC12CC3CC(CC(C3)C1)C2)O[C@H](C(=O)N1CCCC1)c1ccccc1. The van der Waals surface area contributed by atoms with Crippen molar-refractivity contribution in [1.29, 1.82) is 0 Å². The zero-order valence-corrected chi connectivity index (χ0v) is 16.6. The molecule has 1 heterocycles. The van der Waals surface area contributed by atoms with Crippen molar-refractivity contribution >= 4 is 11.9 Å². The molecule has 1 amide bonds. The lowest BCUT2D eigenvalue weighted by Gasteiger charge is -2.56. The monoisotopic (exact) mass is 381 g/mol. The predicted molar refractivity (Wildman–Crippen MR) is 106 cm³/mol. The maximum absolute atomic E-state index is 13.1. The second-order valence-corrected chi connectivity index (χ2v) is 9.91. The van der Waals surface area contributed by atoms with Gasteiger partial charge in [-0.05, 0) is 74.5 Å². The minimum Gasteiger partial charge on any atom is -0.447 e. The first-order valence-corrected chi connectivity index (χ1v) is 11.1. The van der Waals surface area contributed by atoms with Crippen LogP contribution < -0.4 is 0 Å². The standard InChI is InChI=1S/C24H31NO3/c26-21(16-24-13-17-10-18(14-24)12-19(11-17)15-24)28-22(20-6-2-1-3-7-20)23(27)25-8-4-5-9-25/h1-3,6-7,17-19,22H,4-5,8-16H2/t17?,18?,19?,22-,24?/m0/s1. The number of esters is 1. The lowest BCUT2D eigenvalue weighted by atomic mass is 9.49. The van der Waals surface area contributed by atoms with Gasteiger partial charge in [-0.25, -0.2) is 0 Å². The van der Waals surface area contributed by atoms with Crippen molar-refractivity contribution in [3.05, 3.63) is 35.9 Å². The highest BCUT2D eigenvalue weighted by Gasteiger charge is 2.52. The number of carbonyl (C=O) groups is 2. The third kappa shape index (κ3) is 3.46. The number of nitrogens with zero attached hydrogens (tertiary/aromatic N) is 1. The molecule has 1 aromatic rings. The molecule has 4 heteroatoms. The quantitative estimate of drug-likeness (QED) is 0.706. The molecule has 1 aliphatic heterocycles. The fourth-order valence-corrected chi connectivity index (χ4v) is 6.98. The van der Waals surface area contributed by atoms with Crippen LogP contribution in [-0.4, -0.2) is 29.9 Å². The van der Waals surface area contributed by atoms with E-state index in [-0.39, 0.29) is 17.3 Å². The molecule has 0 aromatic heterocycles. The van der Waals surface area contributed by atoms with Gasteiger partial charge in [-0.15, -0.1) is 0 Å². The Kier molecular flexibility index (Phi) is 4.68. The molecule has 1 saturated heterocycles. The highest BCUT2D eigenvalue weighted by molar-refractivity contribution is 5.85. The molecule has 5 aliphatic rings. The smallest absolute Gasteiger partial charge is 0.307 e. The van der Waals surface area contributed by atoms with Gasteiger partial charge < -0.3 is 9.64 Å². The van der Waals surface area contributed by atoms with Gasteiger partial charge in [0.1, 0.15) is 0 Å². The molecule has 28 heavy (non-hydrogen) atoms. The van der Waals surface area contributed by atoms with Gasteiger partial charge >= 0.3 is 5.97 Å². The summed E-state index contributed by atoms with van der Waals surface area (Å²) in [6, 6.07) is 9.55. The molecule has 4 aliphatic carbocycles. The Morgan fingerprint density at radius 3 is 2.11 bits per heavy atom. The Hall–Kier alpha value is -1.84. The summed E-state index contributed by atoms with van der Waals surface area (Å²) >= 11 is 0. The second kappa shape index (κ2) is 7.20. The van der Waals surface area contributed by atoms with Crippen molar-refractivity contribution in [2.45, 2.75) is 63.9 Å². The Labute approximate surface area is 167 Å². The number of amides is 1. The van der Waals surface area contributed by atoms with E-state index in [9.17, 15) is 9.59 Å². The fourth-order valence-electron chi connectivity index (χ4n) is 6.98. The number of benzene rings is 1. The van der Waals surface area contributed by atoms with E-state index in [4.69, 9.17) is 4.74 Å². The first-order chi connectivity index (χ1) is 13.6. The summed E-state index contributed by atoms with van der Waals surface area (Å²) in [5, 5.41) is 0. The fraction of sp³-hybridized carbons (Fsp3) is 0.667. The first-order valence-electron chi connectivity index (χ1n) is 11.1. The molecule has 0 spiro atoms. The van der Waals surface area contributed by atoms with Crippen molar-refractivity contribution in [2.24, 2.45) is 23.2 Å². The van der Waals surface area contributed by atoms with Crippen LogP contribution in [0.3, 0.4) is 0 Å². The summed E-state index contributed by atoms with van der Waals surface area (Å²) < 4.78 is 5.92. The molecule has 4 nitrogen and oxygen atoms in total. The van der Waals surface area contributed by atoms with Crippen molar-refractivity contribution in [3.63, 3.8) is 0 Å². The number of hydrogen-bond acceptors (Lipinski definition) is 3. The molecular formula is C24H31NO3. The summed E-state index contributed by atoms with van der Waals surface area (Å²) in [5.74, 6) is 2.21. The van der Waals surface area contributed by atoms with Crippen LogP contribution in [0.5, 0.6) is 0 Å². The first kappa shape index (κ1) is 18.2. The number of rotatable bonds is 5. The van der Waals surface area contributed by atoms with Crippen molar-refractivity contribution in [3.8, 4) is 0 Å². The van der Waals surface area contributed by atoms with Crippen molar-refractivity contribution in [1.82, 2.24) is 4.90 Å². The van der Waals surface area contributed by atoms with E-state index >= 15 is 0 Å². The lowest BCUT2D eigenvalue weighted by molar-refractivity contribution is -0.166. The van der Waals surface area contributed by atoms with E-state index in [0.717, 1.165) is 49.2 Å². The zero-order chi connectivity index (χ0) is 19.1. The Morgan fingerprint density at radius 2 is 1.54 bits per heavy atom. The zero-order valence-electron chi connectivity index (χ0n) is 16.6. The van der Waals surface area contributed by atoms with Crippen molar-refractivity contribution < 1.29 is 14.3 Å². The summed E-state index contributed by atoms with van der Waals surface area (Å²) in [6.45, 7) is 1.55. The van der Waals surface area contributed by atoms with Crippen LogP contribution >= 0.6 is 0 Å². The van der Waals surface area contributed by atoms with Gasteiger partial charge in [-0.2, -0.15) is 0 Å². The highest BCUT2D eigenvalue weighted by atomic mass is 16.5. The average molecular weight is 382 g/mol.